The van der Waals surface area contributed by atoms with Gasteiger partial charge in [-0.25, -0.2) is 0 Å². The van der Waals surface area contributed by atoms with E-state index in [4.69, 9.17) is 4.74 Å². The molecule has 2 heterocycles. The molecule has 100 valence electrons. The van der Waals surface area contributed by atoms with E-state index in [1.54, 1.807) is 0 Å². The van der Waals surface area contributed by atoms with Gasteiger partial charge in [0.15, 0.2) is 0 Å². The molecule has 17 heavy (non-hydrogen) atoms. The number of hydrogen-bond donors (Lipinski definition) is 1. The van der Waals surface area contributed by atoms with E-state index in [0.717, 1.165) is 19.6 Å². The Morgan fingerprint density at radius 1 is 1.24 bits per heavy atom. The Hall–Kier alpha value is -0.120. The van der Waals surface area contributed by atoms with Crippen LogP contribution in [0.25, 0.3) is 0 Å². The van der Waals surface area contributed by atoms with Crippen LogP contribution in [0, 0.1) is 0 Å². The van der Waals surface area contributed by atoms with Gasteiger partial charge in [0.05, 0.1) is 12.2 Å². The summed E-state index contributed by atoms with van der Waals surface area (Å²) in [4.78, 5) is 2.58. The Balaban J connectivity index is 1.88. The lowest BCUT2D eigenvalue weighted by molar-refractivity contribution is 0.0443. The van der Waals surface area contributed by atoms with Gasteiger partial charge >= 0.3 is 0 Å². The van der Waals surface area contributed by atoms with E-state index in [1.807, 2.05) is 6.92 Å². The molecule has 2 saturated heterocycles. The highest BCUT2D eigenvalue weighted by Gasteiger charge is 2.26. The second-order valence-electron chi connectivity index (χ2n) is 5.72. The van der Waals surface area contributed by atoms with Crippen LogP contribution in [0.5, 0.6) is 0 Å². The normalized spacial score (nSPS) is 33.5. The molecule has 0 radical (unpaired) electrons. The second kappa shape index (κ2) is 6.72. The largest absolute Gasteiger partial charge is 0.393 e. The van der Waals surface area contributed by atoms with Gasteiger partial charge in [-0.3, -0.25) is 4.90 Å². The number of aliphatic hydroxyl groups excluding tert-OH is 1. The van der Waals surface area contributed by atoms with Crippen LogP contribution in [0.3, 0.4) is 0 Å². The minimum atomic E-state index is -0.176. The van der Waals surface area contributed by atoms with Crippen molar-refractivity contribution in [2.24, 2.45) is 0 Å². The number of rotatable bonds is 4. The van der Waals surface area contributed by atoms with Crippen LogP contribution in [0.1, 0.15) is 51.9 Å². The Kier molecular flexibility index (Phi) is 5.26. The molecule has 3 heteroatoms. The standard InChI is InChI=1S/C14H27NO2/c1-12(16)10-13-6-3-2-4-8-15(13)11-14-7-5-9-17-14/h12-14,16H,2-11H2,1H3. The number of nitrogens with zero attached hydrogens (tertiary/aromatic N) is 1. The van der Waals surface area contributed by atoms with Crippen molar-refractivity contribution in [1.29, 1.82) is 0 Å². The van der Waals surface area contributed by atoms with Crippen LogP contribution in [-0.4, -0.2) is 48.0 Å². The summed E-state index contributed by atoms with van der Waals surface area (Å²) < 4.78 is 5.75. The first-order valence-electron chi connectivity index (χ1n) is 7.29. The third kappa shape index (κ3) is 4.23. The van der Waals surface area contributed by atoms with Crippen molar-refractivity contribution in [3.63, 3.8) is 0 Å². The van der Waals surface area contributed by atoms with E-state index < -0.39 is 0 Å². The maximum absolute atomic E-state index is 9.62. The molecule has 3 atom stereocenters. The molecular weight excluding hydrogens is 214 g/mol. The zero-order valence-corrected chi connectivity index (χ0v) is 11.1. The van der Waals surface area contributed by atoms with Crippen molar-refractivity contribution in [2.75, 3.05) is 19.7 Å². The van der Waals surface area contributed by atoms with Crippen molar-refractivity contribution in [1.82, 2.24) is 4.90 Å². The van der Waals surface area contributed by atoms with Crippen LogP contribution in [0.15, 0.2) is 0 Å². The molecule has 2 fully saturated rings. The van der Waals surface area contributed by atoms with Crippen LogP contribution >= 0.6 is 0 Å². The molecule has 0 bridgehead atoms. The zero-order chi connectivity index (χ0) is 12.1. The lowest BCUT2D eigenvalue weighted by Gasteiger charge is -2.32. The van der Waals surface area contributed by atoms with Gasteiger partial charge in [0.1, 0.15) is 0 Å². The summed E-state index contributed by atoms with van der Waals surface area (Å²) in [5.41, 5.74) is 0. The Bertz CT molecular complexity index is 214. The van der Waals surface area contributed by atoms with Crippen molar-refractivity contribution in [3.05, 3.63) is 0 Å². The lowest BCUT2D eigenvalue weighted by atomic mass is 10.0. The van der Waals surface area contributed by atoms with Gasteiger partial charge < -0.3 is 9.84 Å². The smallest absolute Gasteiger partial charge is 0.0702 e. The molecule has 0 aromatic carbocycles. The van der Waals surface area contributed by atoms with Gasteiger partial charge in [0, 0.05) is 19.2 Å². The molecule has 0 aromatic heterocycles. The average Bonchev–Trinajstić information content (AvgIpc) is 2.69. The fraction of sp³-hybridized carbons (Fsp3) is 1.00. The molecule has 3 nitrogen and oxygen atoms in total. The molecule has 1 N–H and O–H groups in total. The molecule has 3 unspecified atom stereocenters. The summed E-state index contributed by atoms with van der Waals surface area (Å²) in [6, 6.07) is 0.571. The van der Waals surface area contributed by atoms with E-state index in [1.165, 1.54) is 45.1 Å². The third-order valence-electron chi connectivity index (χ3n) is 4.07. The van der Waals surface area contributed by atoms with Gasteiger partial charge in [-0.15, -0.1) is 0 Å². The van der Waals surface area contributed by atoms with Crippen LogP contribution in [-0.2, 0) is 4.74 Å². The minimum absolute atomic E-state index is 0.176. The number of likely N-dealkylation sites (tertiary alicyclic amines) is 1. The maximum atomic E-state index is 9.62. The Morgan fingerprint density at radius 3 is 2.82 bits per heavy atom. The first kappa shape index (κ1) is 13.3. The highest BCUT2D eigenvalue weighted by Crippen LogP contribution is 2.23. The fourth-order valence-corrected chi connectivity index (χ4v) is 3.19. The highest BCUT2D eigenvalue weighted by atomic mass is 16.5. The number of aliphatic hydroxyl groups is 1. The van der Waals surface area contributed by atoms with E-state index in [-0.39, 0.29) is 6.10 Å². The first-order valence-corrected chi connectivity index (χ1v) is 7.29. The molecular formula is C14H27NO2. The van der Waals surface area contributed by atoms with Crippen molar-refractivity contribution in [2.45, 2.75) is 70.1 Å². The highest BCUT2D eigenvalue weighted by molar-refractivity contribution is 4.80. The molecule has 2 rings (SSSR count). The molecule has 2 aliphatic rings. The molecule has 0 aliphatic carbocycles. The van der Waals surface area contributed by atoms with Gasteiger partial charge in [0.2, 0.25) is 0 Å². The Morgan fingerprint density at radius 2 is 2.12 bits per heavy atom. The van der Waals surface area contributed by atoms with E-state index in [2.05, 4.69) is 4.90 Å². The predicted molar refractivity (Wildman–Crippen MR) is 69.1 cm³/mol. The third-order valence-corrected chi connectivity index (χ3v) is 4.07. The molecule has 0 amide bonds. The van der Waals surface area contributed by atoms with Crippen LogP contribution in [0.4, 0.5) is 0 Å². The number of hydrogen-bond acceptors (Lipinski definition) is 3. The predicted octanol–water partition coefficient (Wildman–Crippen LogP) is 2.18. The summed E-state index contributed by atoms with van der Waals surface area (Å²) in [6.45, 7) is 5.13. The van der Waals surface area contributed by atoms with Gasteiger partial charge in [-0.2, -0.15) is 0 Å². The second-order valence-corrected chi connectivity index (χ2v) is 5.72. The van der Waals surface area contributed by atoms with E-state index in [9.17, 15) is 5.11 Å². The summed E-state index contributed by atoms with van der Waals surface area (Å²) in [5, 5.41) is 9.62. The summed E-state index contributed by atoms with van der Waals surface area (Å²) in [6.07, 6.45) is 8.86. The lowest BCUT2D eigenvalue weighted by Crippen LogP contribution is -2.41. The zero-order valence-electron chi connectivity index (χ0n) is 11.1. The van der Waals surface area contributed by atoms with E-state index in [0.29, 0.717) is 12.1 Å². The summed E-state index contributed by atoms with van der Waals surface area (Å²) >= 11 is 0. The topological polar surface area (TPSA) is 32.7 Å². The quantitative estimate of drug-likeness (QED) is 0.819. The summed E-state index contributed by atoms with van der Waals surface area (Å²) in [5.74, 6) is 0. The van der Waals surface area contributed by atoms with Gasteiger partial charge in [0.25, 0.3) is 0 Å². The summed E-state index contributed by atoms with van der Waals surface area (Å²) in [7, 11) is 0. The average molecular weight is 241 g/mol. The molecule has 0 aromatic rings. The maximum Gasteiger partial charge on any atom is 0.0702 e. The van der Waals surface area contributed by atoms with Crippen LogP contribution in [0.2, 0.25) is 0 Å². The first-order chi connectivity index (χ1) is 8.25. The van der Waals surface area contributed by atoms with Crippen molar-refractivity contribution < 1.29 is 9.84 Å². The molecule has 0 spiro atoms. The number of ether oxygens (including phenoxy) is 1. The Labute approximate surface area is 105 Å². The SMILES string of the molecule is CC(O)CC1CCCCCN1CC1CCCO1. The molecule has 2 aliphatic heterocycles. The van der Waals surface area contributed by atoms with Crippen molar-refractivity contribution in [3.8, 4) is 0 Å². The monoisotopic (exact) mass is 241 g/mol. The van der Waals surface area contributed by atoms with Crippen molar-refractivity contribution >= 4 is 0 Å². The van der Waals surface area contributed by atoms with Gasteiger partial charge in [-0.05, 0) is 45.6 Å². The fourth-order valence-electron chi connectivity index (χ4n) is 3.19. The minimum Gasteiger partial charge on any atom is -0.393 e. The van der Waals surface area contributed by atoms with Crippen LogP contribution < -0.4 is 0 Å². The molecule has 0 saturated carbocycles. The van der Waals surface area contributed by atoms with E-state index >= 15 is 0 Å². The van der Waals surface area contributed by atoms with Gasteiger partial charge in [-0.1, -0.05) is 12.8 Å².